The van der Waals surface area contributed by atoms with Gasteiger partial charge >= 0.3 is 0 Å². The second-order valence-corrected chi connectivity index (χ2v) is 8.56. The van der Waals surface area contributed by atoms with E-state index in [-0.39, 0.29) is 17.4 Å². The molecule has 0 aliphatic carbocycles. The second kappa shape index (κ2) is 8.84. The maximum Gasteiger partial charge on any atom is 0.265 e. The van der Waals surface area contributed by atoms with E-state index in [9.17, 15) is 13.2 Å². The predicted octanol–water partition coefficient (Wildman–Crippen LogP) is 3.12. The quantitative estimate of drug-likeness (QED) is 0.747. The van der Waals surface area contributed by atoms with E-state index < -0.39 is 10.0 Å². The summed E-state index contributed by atoms with van der Waals surface area (Å²) >= 11 is 0. The number of carbonyl (C=O) groups is 1. The molecule has 3 rings (SSSR count). The van der Waals surface area contributed by atoms with Crippen molar-refractivity contribution in [3.8, 4) is 5.75 Å². The van der Waals surface area contributed by atoms with Crippen LogP contribution in [0.5, 0.6) is 5.75 Å². The molecule has 0 radical (unpaired) electrons. The van der Waals surface area contributed by atoms with Crippen molar-refractivity contribution in [2.24, 2.45) is 0 Å². The van der Waals surface area contributed by atoms with E-state index in [2.05, 4.69) is 4.72 Å². The van der Waals surface area contributed by atoms with Gasteiger partial charge in [0.2, 0.25) is 0 Å². The molecular weight excluding hydrogens is 392 g/mol. The fourth-order valence-corrected chi connectivity index (χ4v) is 4.71. The molecule has 1 heterocycles. The summed E-state index contributed by atoms with van der Waals surface area (Å²) in [7, 11) is -2.34. The molecule has 7 nitrogen and oxygen atoms in total. The zero-order valence-electron chi connectivity index (χ0n) is 16.9. The highest BCUT2D eigenvalue weighted by Gasteiger charge is 2.24. The zero-order chi connectivity index (χ0) is 21.0. The SMILES string of the molecule is CCOc1ccc(C)cc1S(=O)(=O)Nc1ccc2c(c1)CCCN2C(=O)COC. The third kappa shape index (κ3) is 4.71. The van der Waals surface area contributed by atoms with Crippen molar-refractivity contribution in [1.29, 1.82) is 0 Å². The lowest BCUT2D eigenvalue weighted by Crippen LogP contribution is -2.37. The van der Waals surface area contributed by atoms with Crippen LogP contribution in [0.4, 0.5) is 11.4 Å². The monoisotopic (exact) mass is 418 g/mol. The second-order valence-electron chi connectivity index (χ2n) is 6.91. The number of benzene rings is 2. The number of hydrogen-bond acceptors (Lipinski definition) is 5. The number of rotatable bonds is 7. The summed E-state index contributed by atoms with van der Waals surface area (Å²) < 4.78 is 39.1. The lowest BCUT2D eigenvalue weighted by Gasteiger charge is -2.29. The molecule has 0 saturated carbocycles. The lowest BCUT2D eigenvalue weighted by atomic mass is 10.0. The van der Waals surface area contributed by atoms with Crippen molar-refractivity contribution in [2.75, 3.05) is 36.5 Å². The predicted molar refractivity (Wildman–Crippen MR) is 112 cm³/mol. The Labute approximate surface area is 171 Å². The van der Waals surface area contributed by atoms with Crippen molar-refractivity contribution in [1.82, 2.24) is 0 Å². The van der Waals surface area contributed by atoms with E-state index in [0.29, 0.717) is 24.6 Å². The zero-order valence-corrected chi connectivity index (χ0v) is 17.7. The van der Waals surface area contributed by atoms with Crippen molar-refractivity contribution in [3.05, 3.63) is 47.5 Å². The minimum absolute atomic E-state index is 0.0153. The van der Waals surface area contributed by atoms with E-state index >= 15 is 0 Å². The highest BCUT2D eigenvalue weighted by molar-refractivity contribution is 7.92. The minimum Gasteiger partial charge on any atom is -0.492 e. The number of sulfonamides is 1. The van der Waals surface area contributed by atoms with Gasteiger partial charge in [-0.15, -0.1) is 0 Å². The van der Waals surface area contributed by atoms with Crippen LogP contribution in [0.3, 0.4) is 0 Å². The molecule has 0 fully saturated rings. The fraction of sp³-hybridized carbons (Fsp3) is 0.381. The van der Waals surface area contributed by atoms with Gasteiger partial charge in [-0.1, -0.05) is 6.07 Å². The fourth-order valence-electron chi connectivity index (χ4n) is 3.43. The molecule has 0 unspecified atom stereocenters. The van der Waals surface area contributed by atoms with Gasteiger partial charge < -0.3 is 14.4 Å². The smallest absolute Gasteiger partial charge is 0.265 e. The maximum absolute atomic E-state index is 13.0. The normalized spacial score (nSPS) is 13.7. The minimum atomic E-state index is -3.83. The Bertz CT molecular complexity index is 1000. The highest BCUT2D eigenvalue weighted by Crippen LogP contribution is 2.32. The summed E-state index contributed by atoms with van der Waals surface area (Å²) in [6, 6.07) is 10.3. The molecule has 1 aliphatic heterocycles. The first-order valence-electron chi connectivity index (χ1n) is 9.54. The molecule has 0 atom stereocenters. The number of carbonyl (C=O) groups excluding carboxylic acids is 1. The first-order valence-corrected chi connectivity index (χ1v) is 11.0. The number of methoxy groups -OCH3 is 1. The Balaban J connectivity index is 1.90. The summed E-state index contributed by atoms with van der Waals surface area (Å²) in [5, 5.41) is 0. The Morgan fingerprint density at radius 1 is 1.21 bits per heavy atom. The van der Waals surface area contributed by atoms with E-state index in [1.807, 2.05) is 19.9 Å². The van der Waals surface area contributed by atoms with E-state index in [1.54, 1.807) is 35.2 Å². The van der Waals surface area contributed by atoms with Crippen molar-refractivity contribution < 1.29 is 22.7 Å². The first kappa shape index (κ1) is 21.1. The number of nitrogens with one attached hydrogen (secondary N) is 1. The van der Waals surface area contributed by atoms with Crippen LogP contribution in [0.15, 0.2) is 41.3 Å². The van der Waals surface area contributed by atoms with Gasteiger partial charge in [-0.3, -0.25) is 9.52 Å². The Kier molecular flexibility index (Phi) is 6.44. The van der Waals surface area contributed by atoms with Crippen LogP contribution in [0.25, 0.3) is 0 Å². The Hall–Kier alpha value is -2.58. The van der Waals surface area contributed by atoms with Crippen LogP contribution in [-0.4, -0.2) is 41.2 Å². The van der Waals surface area contributed by atoms with E-state index in [4.69, 9.17) is 9.47 Å². The number of amides is 1. The van der Waals surface area contributed by atoms with Crippen LogP contribution in [0.2, 0.25) is 0 Å². The van der Waals surface area contributed by atoms with Crippen molar-refractivity contribution in [3.63, 3.8) is 0 Å². The summed E-state index contributed by atoms with van der Waals surface area (Å²) in [6.45, 7) is 4.65. The molecule has 0 bridgehead atoms. The van der Waals surface area contributed by atoms with Gasteiger partial charge in [0.25, 0.3) is 15.9 Å². The Morgan fingerprint density at radius 2 is 2.00 bits per heavy atom. The van der Waals surface area contributed by atoms with Crippen LogP contribution in [0, 0.1) is 6.92 Å². The molecule has 2 aromatic rings. The number of hydrogen-bond donors (Lipinski definition) is 1. The summed E-state index contributed by atoms with van der Waals surface area (Å²) in [5.74, 6) is 0.211. The summed E-state index contributed by atoms with van der Waals surface area (Å²) in [5.41, 5.74) is 3.00. The number of nitrogens with zero attached hydrogens (tertiary/aromatic N) is 1. The highest BCUT2D eigenvalue weighted by atomic mass is 32.2. The Morgan fingerprint density at radius 3 is 2.72 bits per heavy atom. The third-order valence-corrected chi connectivity index (χ3v) is 6.11. The van der Waals surface area contributed by atoms with Gasteiger partial charge in [0, 0.05) is 25.0 Å². The molecule has 0 saturated heterocycles. The van der Waals surface area contributed by atoms with Gasteiger partial charge in [-0.05, 0) is 68.1 Å². The number of ether oxygens (including phenoxy) is 2. The van der Waals surface area contributed by atoms with Crippen molar-refractivity contribution >= 4 is 27.3 Å². The third-order valence-electron chi connectivity index (χ3n) is 4.71. The van der Waals surface area contributed by atoms with E-state index in [1.165, 1.54) is 7.11 Å². The largest absolute Gasteiger partial charge is 0.492 e. The van der Waals surface area contributed by atoms with Crippen LogP contribution < -0.4 is 14.4 Å². The van der Waals surface area contributed by atoms with Gasteiger partial charge in [-0.25, -0.2) is 8.42 Å². The molecule has 29 heavy (non-hydrogen) atoms. The molecule has 1 N–H and O–H groups in total. The number of aryl methyl sites for hydroxylation is 2. The standard InChI is InChI=1S/C21H26N2O5S/c1-4-28-19-10-7-15(2)12-20(19)29(25,26)22-17-8-9-18-16(13-17)6-5-11-23(18)21(24)14-27-3/h7-10,12-13,22H,4-6,11,14H2,1-3H3. The molecule has 2 aromatic carbocycles. The summed E-state index contributed by atoms with van der Waals surface area (Å²) in [6.07, 6.45) is 1.58. The average Bonchev–Trinajstić information content (AvgIpc) is 2.68. The maximum atomic E-state index is 13.0. The average molecular weight is 419 g/mol. The van der Waals surface area contributed by atoms with Gasteiger partial charge in [0.05, 0.1) is 6.61 Å². The van der Waals surface area contributed by atoms with Crippen molar-refractivity contribution in [2.45, 2.75) is 31.6 Å². The van der Waals surface area contributed by atoms with Gasteiger partial charge in [-0.2, -0.15) is 0 Å². The molecule has 8 heteroatoms. The topological polar surface area (TPSA) is 84.9 Å². The summed E-state index contributed by atoms with van der Waals surface area (Å²) in [4.78, 5) is 14.1. The van der Waals surface area contributed by atoms with Crippen LogP contribution in [0.1, 0.15) is 24.5 Å². The first-order chi connectivity index (χ1) is 13.9. The van der Waals surface area contributed by atoms with Crippen LogP contribution >= 0.6 is 0 Å². The molecule has 1 amide bonds. The number of fused-ring (bicyclic) bond motifs is 1. The van der Waals surface area contributed by atoms with Crippen LogP contribution in [-0.2, 0) is 26.0 Å². The van der Waals surface area contributed by atoms with Gasteiger partial charge in [0.15, 0.2) is 0 Å². The molecule has 0 spiro atoms. The van der Waals surface area contributed by atoms with Gasteiger partial charge in [0.1, 0.15) is 17.3 Å². The molecular formula is C21H26N2O5S. The number of anilines is 2. The molecule has 156 valence electrons. The molecule has 1 aliphatic rings. The van der Waals surface area contributed by atoms with E-state index in [0.717, 1.165) is 29.7 Å². The lowest BCUT2D eigenvalue weighted by molar-refractivity contribution is -0.122. The molecule has 0 aromatic heterocycles.